The summed E-state index contributed by atoms with van der Waals surface area (Å²) in [5, 5.41) is 0.917. The second-order valence-electron chi connectivity index (χ2n) is 9.49. The first-order chi connectivity index (χ1) is 17.8. The maximum Gasteiger partial charge on any atom is 0.192 e. The standard InChI is InChI=1S/C30H21Cl2NO4/c1-33-16-22(27(34)21-8-4-5-9-23(21)32)26(25-15-14-24(37-25)17-10-12-18(31)13-11-17)30(33)28(35)19-6-2-3-7-20(19)29(30)36/h2-15,22,26H,16H2,1H3/t22-,26-/m0/s1. The lowest BCUT2D eigenvalue weighted by molar-refractivity contribution is 0.0594. The van der Waals surface area contributed by atoms with E-state index in [9.17, 15) is 14.4 Å². The molecule has 0 saturated carbocycles. The van der Waals surface area contributed by atoms with Crippen LogP contribution in [0.1, 0.15) is 42.8 Å². The van der Waals surface area contributed by atoms with Gasteiger partial charge in [-0.2, -0.15) is 0 Å². The van der Waals surface area contributed by atoms with Crippen molar-refractivity contribution in [2.24, 2.45) is 5.92 Å². The predicted molar refractivity (Wildman–Crippen MR) is 142 cm³/mol. The minimum atomic E-state index is -1.60. The van der Waals surface area contributed by atoms with Gasteiger partial charge in [-0.3, -0.25) is 19.3 Å². The van der Waals surface area contributed by atoms with Gasteiger partial charge in [0.15, 0.2) is 22.9 Å². The number of Topliss-reactive ketones (excluding diaryl/α,β-unsaturated/α-hetero) is 3. The van der Waals surface area contributed by atoms with Crippen molar-refractivity contribution in [2.45, 2.75) is 11.5 Å². The van der Waals surface area contributed by atoms with E-state index in [0.717, 1.165) is 5.56 Å². The van der Waals surface area contributed by atoms with Crippen molar-refractivity contribution >= 4 is 40.6 Å². The Hall–Kier alpha value is -3.51. The van der Waals surface area contributed by atoms with Crippen LogP contribution in [0.5, 0.6) is 0 Å². The van der Waals surface area contributed by atoms with Gasteiger partial charge < -0.3 is 4.42 Å². The third-order valence-corrected chi connectivity index (χ3v) is 8.15. The third-order valence-electron chi connectivity index (χ3n) is 7.57. The van der Waals surface area contributed by atoms with Crippen molar-refractivity contribution in [3.63, 3.8) is 0 Å². The fourth-order valence-electron chi connectivity index (χ4n) is 5.88. The summed E-state index contributed by atoms with van der Waals surface area (Å²) < 4.78 is 6.31. The zero-order valence-electron chi connectivity index (χ0n) is 19.8. The summed E-state index contributed by atoms with van der Waals surface area (Å²) in [5.41, 5.74) is 0.265. The summed E-state index contributed by atoms with van der Waals surface area (Å²) in [5.74, 6) is -1.52. The van der Waals surface area contributed by atoms with E-state index in [1.165, 1.54) is 0 Å². The Labute approximate surface area is 223 Å². The molecule has 1 aliphatic heterocycles. The molecule has 1 fully saturated rings. The van der Waals surface area contributed by atoms with E-state index < -0.39 is 17.4 Å². The molecule has 6 rings (SSSR count). The molecule has 0 radical (unpaired) electrons. The highest BCUT2D eigenvalue weighted by atomic mass is 35.5. The molecular formula is C30H21Cl2NO4. The molecular weight excluding hydrogens is 509 g/mol. The normalized spacial score (nSPS) is 20.5. The molecule has 2 atom stereocenters. The molecule has 5 nitrogen and oxygen atoms in total. The molecule has 0 unspecified atom stereocenters. The van der Waals surface area contributed by atoms with Gasteiger partial charge >= 0.3 is 0 Å². The summed E-state index contributed by atoms with van der Waals surface area (Å²) in [6.07, 6.45) is 0. The molecule has 1 saturated heterocycles. The fourth-order valence-corrected chi connectivity index (χ4v) is 6.24. The molecule has 0 amide bonds. The van der Waals surface area contributed by atoms with E-state index in [-0.39, 0.29) is 23.9 Å². The molecule has 0 N–H and O–H groups in total. The Balaban J connectivity index is 1.53. The van der Waals surface area contributed by atoms with E-state index >= 15 is 0 Å². The fraction of sp³-hybridized carbons (Fsp3) is 0.167. The largest absolute Gasteiger partial charge is 0.461 e. The highest BCUT2D eigenvalue weighted by molar-refractivity contribution is 6.35. The maximum atomic E-state index is 14.1. The van der Waals surface area contributed by atoms with Crippen LogP contribution in [0.25, 0.3) is 11.3 Å². The number of nitrogens with zero attached hydrogens (tertiary/aromatic N) is 1. The summed E-state index contributed by atoms with van der Waals surface area (Å²) in [7, 11) is 1.72. The quantitative estimate of drug-likeness (QED) is 0.220. The van der Waals surface area contributed by atoms with Gasteiger partial charge in [-0.05, 0) is 55.6 Å². The van der Waals surface area contributed by atoms with E-state index in [2.05, 4.69) is 0 Å². The zero-order valence-corrected chi connectivity index (χ0v) is 21.3. The van der Waals surface area contributed by atoms with Crippen molar-refractivity contribution in [3.8, 4) is 11.3 Å². The summed E-state index contributed by atoms with van der Waals surface area (Å²) >= 11 is 12.5. The minimum Gasteiger partial charge on any atom is -0.461 e. The number of hydrogen-bond donors (Lipinski definition) is 0. The number of halogens is 2. The molecule has 184 valence electrons. The molecule has 3 aromatic carbocycles. The van der Waals surface area contributed by atoms with E-state index in [4.69, 9.17) is 27.6 Å². The smallest absolute Gasteiger partial charge is 0.192 e. The van der Waals surface area contributed by atoms with Crippen LogP contribution in [0.2, 0.25) is 10.0 Å². The van der Waals surface area contributed by atoms with Crippen molar-refractivity contribution in [1.82, 2.24) is 4.90 Å². The number of hydrogen-bond acceptors (Lipinski definition) is 5. The van der Waals surface area contributed by atoms with Crippen LogP contribution in [-0.4, -0.2) is 41.4 Å². The van der Waals surface area contributed by atoms with E-state index in [1.54, 1.807) is 84.7 Å². The van der Waals surface area contributed by atoms with Gasteiger partial charge in [-0.15, -0.1) is 0 Å². The van der Waals surface area contributed by atoms with Crippen molar-refractivity contribution < 1.29 is 18.8 Å². The average Bonchev–Trinajstić information content (AvgIpc) is 3.56. The Morgan fingerprint density at radius 1 is 0.865 bits per heavy atom. The lowest BCUT2D eigenvalue weighted by atomic mass is 9.73. The van der Waals surface area contributed by atoms with Gasteiger partial charge in [-0.25, -0.2) is 0 Å². The monoisotopic (exact) mass is 529 g/mol. The second kappa shape index (κ2) is 8.80. The third kappa shape index (κ3) is 3.46. The number of carbonyl (C=O) groups excluding carboxylic acids is 3. The second-order valence-corrected chi connectivity index (χ2v) is 10.3. The van der Waals surface area contributed by atoms with Gasteiger partial charge in [-0.1, -0.05) is 59.6 Å². The number of furan rings is 1. The van der Waals surface area contributed by atoms with Gasteiger partial charge in [0.2, 0.25) is 0 Å². The lowest BCUT2D eigenvalue weighted by Crippen LogP contribution is -2.54. The molecule has 7 heteroatoms. The highest BCUT2D eigenvalue weighted by Crippen LogP contribution is 2.53. The topological polar surface area (TPSA) is 67.6 Å². The Morgan fingerprint density at radius 3 is 2.14 bits per heavy atom. The first-order valence-electron chi connectivity index (χ1n) is 11.9. The summed E-state index contributed by atoms with van der Waals surface area (Å²) in [6.45, 7) is 0.192. The number of likely N-dealkylation sites (N-methyl/N-ethyl adjacent to an activating group) is 1. The highest BCUT2D eigenvalue weighted by Gasteiger charge is 2.68. The SMILES string of the molecule is CN1C[C@H](C(=O)c2ccccc2Cl)[C@@H](c2ccc(-c3ccc(Cl)cc3)o2)C12C(=O)c1ccccc1C2=O. The predicted octanol–water partition coefficient (Wildman–Crippen LogP) is 6.60. The van der Waals surface area contributed by atoms with Gasteiger partial charge in [0, 0.05) is 39.7 Å². The van der Waals surface area contributed by atoms with Crippen LogP contribution in [0.4, 0.5) is 0 Å². The van der Waals surface area contributed by atoms with E-state index in [0.29, 0.717) is 38.3 Å². The molecule has 1 aliphatic carbocycles. The number of ketones is 3. The molecule has 4 aromatic rings. The molecule has 1 aromatic heterocycles. The molecule has 37 heavy (non-hydrogen) atoms. The van der Waals surface area contributed by atoms with E-state index in [1.807, 2.05) is 12.1 Å². The van der Waals surface area contributed by atoms with Crippen molar-refractivity contribution in [1.29, 1.82) is 0 Å². The molecule has 1 spiro atoms. The summed E-state index contributed by atoms with van der Waals surface area (Å²) in [6, 6.07) is 24.4. The van der Waals surface area contributed by atoms with Crippen LogP contribution in [0.15, 0.2) is 89.3 Å². The summed E-state index contributed by atoms with van der Waals surface area (Å²) in [4.78, 5) is 43.8. The minimum absolute atomic E-state index is 0.192. The van der Waals surface area contributed by atoms with Crippen molar-refractivity contribution in [3.05, 3.63) is 117 Å². The number of benzene rings is 3. The number of rotatable bonds is 4. The zero-order chi connectivity index (χ0) is 25.9. The number of likely N-dealkylation sites (tertiary alicyclic amines) is 1. The van der Waals surface area contributed by atoms with Crippen molar-refractivity contribution in [2.75, 3.05) is 13.6 Å². The Kier molecular flexibility index (Phi) is 5.68. The lowest BCUT2D eigenvalue weighted by Gasteiger charge is -2.33. The van der Waals surface area contributed by atoms with Crippen LogP contribution >= 0.6 is 23.2 Å². The maximum absolute atomic E-state index is 14.1. The molecule has 2 aliphatic rings. The number of carbonyl (C=O) groups is 3. The van der Waals surface area contributed by atoms with Gasteiger partial charge in [0.25, 0.3) is 0 Å². The number of fused-ring (bicyclic) bond motifs is 1. The average molecular weight is 530 g/mol. The van der Waals surface area contributed by atoms with Crippen LogP contribution in [0, 0.1) is 5.92 Å². The van der Waals surface area contributed by atoms with Crippen LogP contribution in [0.3, 0.4) is 0 Å². The van der Waals surface area contributed by atoms with Gasteiger partial charge in [0.05, 0.1) is 10.9 Å². The van der Waals surface area contributed by atoms with Crippen LogP contribution < -0.4 is 0 Å². The first-order valence-corrected chi connectivity index (χ1v) is 12.6. The van der Waals surface area contributed by atoms with Gasteiger partial charge in [0.1, 0.15) is 11.5 Å². The first kappa shape index (κ1) is 23.9. The van der Waals surface area contributed by atoms with Crippen LogP contribution in [-0.2, 0) is 0 Å². The molecule has 2 heterocycles. The molecule has 0 bridgehead atoms. The Morgan fingerprint density at radius 2 is 1.49 bits per heavy atom. The Bertz CT molecular complexity index is 1540.